The predicted molar refractivity (Wildman–Crippen MR) is 66.2 cm³/mol. The summed E-state index contributed by atoms with van der Waals surface area (Å²) in [6.07, 6.45) is 0. The highest BCUT2D eigenvalue weighted by molar-refractivity contribution is 7.92. The number of rotatable bonds is 3. The molecule has 0 aliphatic heterocycles. The van der Waals surface area contributed by atoms with Gasteiger partial charge in [-0.1, -0.05) is 6.07 Å². The summed E-state index contributed by atoms with van der Waals surface area (Å²) in [6, 6.07) is 6.62. The van der Waals surface area contributed by atoms with Crippen LogP contribution in [0.5, 0.6) is 0 Å². The monoisotopic (exact) mass is 282 g/mol. The van der Waals surface area contributed by atoms with Crippen LogP contribution in [0, 0.1) is 17.1 Å². The fourth-order valence-corrected chi connectivity index (χ4v) is 3.25. The van der Waals surface area contributed by atoms with Crippen LogP contribution >= 0.6 is 11.3 Å². The molecule has 1 aromatic heterocycles. The Kier molecular flexibility index (Phi) is 3.32. The lowest BCUT2D eigenvalue weighted by molar-refractivity contribution is 0.593. The number of halogens is 1. The first kappa shape index (κ1) is 12.5. The number of hydrogen-bond donors (Lipinski definition) is 1. The number of benzene rings is 1. The summed E-state index contributed by atoms with van der Waals surface area (Å²) in [4.78, 5) is -0.365. The molecule has 2 rings (SSSR count). The quantitative estimate of drug-likeness (QED) is 0.940. The van der Waals surface area contributed by atoms with Crippen molar-refractivity contribution in [1.29, 1.82) is 5.26 Å². The average Bonchev–Trinajstić information content (AvgIpc) is 2.80. The van der Waals surface area contributed by atoms with Gasteiger partial charge in [0.1, 0.15) is 22.3 Å². The number of hydrogen-bond acceptors (Lipinski definition) is 4. The zero-order chi connectivity index (χ0) is 13.2. The highest BCUT2D eigenvalue weighted by Crippen LogP contribution is 2.22. The highest BCUT2D eigenvalue weighted by atomic mass is 32.2. The topological polar surface area (TPSA) is 70.0 Å². The van der Waals surface area contributed by atoms with Gasteiger partial charge < -0.3 is 0 Å². The average molecular weight is 282 g/mol. The SMILES string of the molecule is N#Cc1c(F)cccc1S(=O)(=O)Nc1ccsc1. The Labute approximate surface area is 107 Å². The second-order valence-corrected chi connectivity index (χ2v) is 5.77. The summed E-state index contributed by atoms with van der Waals surface area (Å²) < 4.78 is 39.6. The van der Waals surface area contributed by atoms with Crippen molar-refractivity contribution in [2.24, 2.45) is 0 Å². The van der Waals surface area contributed by atoms with Crippen molar-refractivity contribution >= 4 is 27.0 Å². The van der Waals surface area contributed by atoms with Crippen molar-refractivity contribution in [1.82, 2.24) is 0 Å². The Balaban J connectivity index is 2.49. The minimum Gasteiger partial charge on any atom is -0.279 e. The van der Waals surface area contributed by atoms with Crippen LogP contribution in [0.25, 0.3) is 0 Å². The molecule has 0 bridgehead atoms. The number of nitrogens with zero attached hydrogens (tertiary/aromatic N) is 1. The van der Waals surface area contributed by atoms with Gasteiger partial charge in [0.05, 0.1) is 5.69 Å². The molecule has 92 valence electrons. The van der Waals surface area contributed by atoms with E-state index in [1.54, 1.807) is 22.9 Å². The highest BCUT2D eigenvalue weighted by Gasteiger charge is 2.21. The van der Waals surface area contributed by atoms with E-state index in [0.29, 0.717) is 5.69 Å². The third-order valence-electron chi connectivity index (χ3n) is 2.15. The van der Waals surface area contributed by atoms with Gasteiger partial charge in [-0.15, -0.1) is 0 Å². The summed E-state index contributed by atoms with van der Waals surface area (Å²) in [6.45, 7) is 0. The van der Waals surface area contributed by atoms with Crippen LogP contribution in [0.4, 0.5) is 10.1 Å². The minimum atomic E-state index is -3.95. The number of thiophene rings is 1. The molecule has 0 aliphatic carbocycles. The predicted octanol–water partition coefficient (Wildman–Crippen LogP) is 2.56. The molecule has 18 heavy (non-hydrogen) atoms. The van der Waals surface area contributed by atoms with Crippen LogP contribution in [0.3, 0.4) is 0 Å². The first-order valence-electron chi connectivity index (χ1n) is 4.78. The lowest BCUT2D eigenvalue weighted by Gasteiger charge is -2.07. The van der Waals surface area contributed by atoms with E-state index in [2.05, 4.69) is 4.72 Å². The van der Waals surface area contributed by atoms with Crippen molar-refractivity contribution in [3.05, 3.63) is 46.4 Å². The maximum Gasteiger partial charge on any atom is 0.263 e. The van der Waals surface area contributed by atoms with Gasteiger partial charge in [-0.25, -0.2) is 12.8 Å². The molecule has 1 N–H and O–H groups in total. The Hall–Kier alpha value is -1.91. The number of sulfonamides is 1. The van der Waals surface area contributed by atoms with Gasteiger partial charge in [0, 0.05) is 5.38 Å². The van der Waals surface area contributed by atoms with Crippen molar-refractivity contribution in [2.75, 3.05) is 4.72 Å². The van der Waals surface area contributed by atoms with E-state index in [4.69, 9.17) is 5.26 Å². The molecule has 0 saturated heterocycles. The largest absolute Gasteiger partial charge is 0.279 e. The second kappa shape index (κ2) is 4.76. The number of anilines is 1. The van der Waals surface area contributed by atoms with Crippen LogP contribution in [0.2, 0.25) is 0 Å². The van der Waals surface area contributed by atoms with E-state index >= 15 is 0 Å². The maximum absolute atomic E-state index is 13.3. The van der Waals surface area contributed by atoms with Gasteiger partial charge in [-0.2, -0.15) is 16.6 Å². The summed E-state index contributed by atoms with van der Waals surface area (Å²) >= 11 is 1.32. The summed E-state index contributed by atoms with van der Waals surface area (Å²) in [5.74, 6) is -0.856. The molecular weight excluding hydrogens is 275 g/mol. The van der Waals surface area contributed by atoms with Crippen molar-refractivity contribution in [3.8, 4) is 6.07 Å². The molecule has 0 saturated carbocycles. The van der Waals surface area contributed by atoms with Gasteiger partial charge in [-0.3, -0.25) is 4.72 Å². The number of nitriles is 1. The Morgan fingerprint density at radius 1 is 1.33 bits per heavy atom. The summed E-state index contributed by atoms with van der Waals surface area (Å²) in [5, 5.41) is 12.1. The van der Waals surface area contributed by atoms with E-state index in [1.165, 1.54) is 23.5 Å². The molecule has 0 fully saturated rings. The maximum atomic E-state index is 13.3. The van der Waals surface area contributed by atoms with E-state index in [1.807, 2.05) is 0 Å². The summed E-state index contributed by atoms with van der Waals surface area (Å²) in [5.41, 5.74) is -0.103. The van der Waals surface area contributed by atoms with E-state index < -0.39 is 21.4 Å². The molecule has 7 heteroatoms. The molecule has 4 nitrogen and oxygen atoms in total. The number of nitrogens with one attached hydrogen (secondary N) is 1. The molecule has 0 amide bonds. The molecule has 1 heterocycles. The van der Waals surface area contributed by atoms with Crippen molar-refractivity contribution in [2.45, 2.75) is 4.90 Å². The molecule has 0 atom stereocenters. The fraction of sp³-hybridized carbons (Fsp3) is 0. The van der Waals surface area contributed by atoms with Gasteiger partial charge >= 0.3 is 0 Å². The molecule has 0 spiro atoms. The van der Waals surface area contributed by atoms with Gasteiger partial charge in [-0.05, 0) is 23.6 Å². The molecule has 2 aromatic rings. The second-order valence-electron chi connectivity index (χ2n) is 3.34. The molecule has 0 aliphatic rings. The van der Waals surface area contributed by atoms with Crippen molar-refractivity contribution in [3.63, 3.8) is 0 Å². The molecule has 1 aromatic carbocycles. The van der Waals surface area contributed by atoms with Crippen LogP contribution < -0.4 is 4.72 Å². The van der Waals surface area contributed by atoms with Gasteiger partial charge in [0.2, 0.25) is 0 Å². The normalized spacial score (nSPS) is 10.9. The van der Waals surface area contributed by atoms with Crippen LogP contribution in [0.15, 0.2) is 39.9 Å². The summed E-state index contributed by atoms with van der Waals surface area (Å²) in [7, 11) is -3.95. The first-order valence-corrected chi connectivity index (χ1v) is 7.21. The third kappa shape index (κ3) is 2.34. The molecule has 0 radical (unpaired) electrons. The van der Waals surface area contributed by atoms with E-state index in [9.17, 15) is 12.8 Å². The van der Waals surface area contributed by atoms with Crippen LogP contribution in [-0.4, -0.2) is 8.42 Å². The van der Waals surface area contributed by atoms with Crippen LogP contribution in [-0.2, 0) is 10.0 Å². The Morgan fingerprint density at radius 3 is 2.72 bits per heavy atom. The molecular formula is C11H7FN2O2S2. The van der Waals surface area contributed by atoms with Gasteiger partial charge in [0.25, 0.3) is 10.0 Å². The zero-order valence-electron chi connectivity index (χ0n) is 8.92. The molecule has 0 unspecified atom stereocenters. The van der Waals surface area contributed by atoms with Crippen LogP contribution in [0.1, 0.15) is 5.56 Å². The standard InChI is InChI=1S/C11H7FN2O2S2/c12-10-2-1-3-11(9(10)6-13)18(15,16)14-8-4-5-17-7-8/h1-5,7,14H. The van der Waals surface area contributed by atoms with Gasteiger partial charge in [0.15, 0.2) is 0 Å². The van der Waals surface area contributed by atoms with E-state index in [-0.39, 0.29) is 4.90 Å². The lowest BCUT2D eigenvalue weighted by Crippen LogP contribution is -2.14. The zero-order valence-corrected chi connectivity index (χ0v) is 10.6. The first-order chi connectivity index (χ1) is 8.54. The minimum absolute atomic E-state index is 0.365. The lowest BCUT2D eigenvalue weighted by atomic mass is 10.2. The Bertz CT molecular complexity index is 703. The van der Waals surface area contributed by atoms with Crippen molar-refractivity contribution < 1.29 is 12.8 Å². The third-order valence-corrected chi connectivity index (χ3v) is 4.26. The van der Waals surface area contributed by atoms with E-state index in [0.717, 1.165) is 6.07 Å². The fourth-order valence-electron chi connectivity index (χ4n) is 1.37. The smallest absolute Gasteiger partial charge is 0.263 e. The Morgan fingerprint density at radius 2 is 2.11 bits per heavy atom.